The summed E-state index contributed by atoms with van der Waals surface area (Å²) in [6, 6.07) is 13.3. The maximum atomic E-state index is 12.1. The number of amides is 1. The first-order chi connectivity index (χ1) is 12.3. The maximum Gasteiger partial charge on any atom is 0.260 e. The molecule has 0 spiro atoms. The lowest BCUT2D eigenvalue weighted by Crippen LogP contribution is -2.39. The van der Waals surface area contributed by atoms with E-state index in [1.165, 1.54) is 13.3 Å². The van der Waals surface area contributed by atoms with Gasteiger partial charge in [0.15, 0.2) is 0 Å². The highest BCUT2D eigenvalue weighted by atomic mass is 35.5. The van der Waals surface area contributed by atoms with Crippen LogP contribution in [-0.2, 0) is 14.8 Å². The topological polar surface area (TPSA) is 88.1 Å². The Labute approximate surface area is 157 Å². The number of carbonyl (C=O) groups is 1. The molecule has 1 amide bonds. The minimum Gasteiger partial charge on any atom is -0.497 e. The quantitative estimate of drug-likeness (QED) is 0.575. The highest BCUT2D eigenvalue weighted by Gasteiger charge is 2.20. The third-order valence-electron chi connectivity index (χ3n) is 3.30. The van der Waals surface area contributed by atoms with Gasteiger partial charge in [0.05, 0.1) is 25.3 Å². The second kappa shape index (κ2) is 8.68. The summed E-state index contributed by atoms with van der Waals surface area (Å²) in [7, 11) is -2.14. The number of hydrazone groups is 1. The fourth-order valence-electron chi connectivity index (χ4n) is 2.08. The van der Waals surface area contributed by atoms with E-state index in [0.717, 1.165) is 10.6 Å². The zero-order valence-corrected chi connectivity index (χ0v) is 15.8. The fourth-order valence-corrected chi connectivity index (χ4v) is 3.14. The van der Waals surface area contributed by atoms with Crippen LogP contribution in [0.5, 0.6) is 5.75 Å². The van der Waals surface area contributed by atoms with E-state index in [4.69, 9.17) is 16.3 Å². The molecule has 2 aromatic rings. The number of hydrogen-bond donors (Lipinski definition) is 1. The van der Waals surface area contributed by atoms with E-state index in [9.17, 15) is 13.2 Å². The molecule has 0 aliphatic carbocycles. The monoisotopic (exact) mass is 395 g/mol. The zero-order valence-electron chi connectivity index (χ0n) is 14.2. The van der Waals surface area contributed by atoms with Crippen molar-refractivity contribution in [3.63, 3.8) is 0 Å². The molecule has 26 heavy (non-hydrogen) atoms. The highest BCUT2D eigenvalue weighted by Crippen LogP contribution is 2.21. The maximum absolute atomic E-state index is 12.1. The molecule has 0 atom stereocenters. The molecule has 0 radical (unpaired) electrons. The first-order valence-electron chi connectivity index (χ1n) is 7.49. The van der Waals surface area contributed by atoms with Crippen LogP contribution in [0.15, 0.2) is 53.6 Å². The van der Waals surface area contributed by atoms with E-state index in [1.807, 2.05) is 0 Å². The van der Waals surface area contributed by atoms with Gasteiger partial charge in [-0.3, -0.25) is 9.10 Å². The number of carbonyl (C=O) groups excluding carboxylic acids is 1. The lowest BCUT2D eigenvalue weighted by molar-refractivity contribution is -0.119. The number of rotatable bonds is 7. The molecule has 7 nitrogen and oxygen atoms in total. The predicted octanol–water partition coefficient (Wildman–Crippen LogP) is 2.26. The lowest BCUT2D eigenvalue weighted by Gasteiger charge is -2.21. The van der Waals surface area contributed by atoms with Crippen molar-refractivity contribution in [1.29, 1.82) is 0 Å². The van der Waals surface area contributed by atoms with Crippen LogP contribution < -0.4 is 14.5 Å². The van der Waals surface area contributed by atoms with E-state index in [2.05, 4.69) is 10.5 Å². The van der Waals surface area contributed by atoms with Crippen LogP contribution in [0.3, 0.4) is 0 Å². The standard InChI is InChI=1S/C17H18ClN3O4S/c1-25-16-8-6-15(7-9-16)21(26(2,23)24)12-17(22)20-19-11-13-4-3-5-14(18)10-13/h3-11H,12H2,1-2H3,(H,20,22)/b19-11-. The molecule has 9 heteroatoms. The first kappa shape index (κ1) is 19.7. The van der Waals surface area contributed by atoms with Crippen LogP contribution in [0.25, 0.3) is 0 Å². The molecular weight excluding hydrogens is 378 g/mol. The number of nitrogens with one attached hydrogen (secondary N) is 1. The van der Waals surface area contributed by atoms with Gasteiger partial charge >= 0.3 is 0 Å². The third kappa shape index (κ3) is 5.75. The Morgan fingerprint density at radius 1 is 1.27 bits per heavy atom. The van der Waals surface area contributed by atoms with Crippen LogP contribution in [0, 0.1) is 0 Å². The molecule has 1 N–H and O–H groups in total. The summed E-state index contributed by atoms with van der Waals surface area (Å²) in [5.74, 6) is 0.00213. The molecule has 0 aliphatic heterocycles. The largest absolute Gasteiger partial charge is 0.497 e. The Kier molecular flexibility index (Phi) is 6.59. The summed E-state index contributed by atoms with van der Waals surface area (Å²) >= 11 is 5.86. The smallest absolute Gasteiger partial charge is 0.260 e. The number of ether oxygens (including phenoxy) is 1. The number of halogens is 1. The number of anilines is 1. The van der Waals surface area contributed by atoms with Gasteiger partial charge in [-0.15, -0.1) is 0 Å². The van der Waals surface area contributed by atoms with Gasteiger partial charge in [0.1, 0.15) is 12.3 Å². The fraction of sp³-hybridized carbons (Fsp3) is 0.176. The average Bonchev–Trinajstić information content (AvgIpc) is 2.59. The minimum absolute atomic E-state index is 0.349. The Hall–Kier alpha value is -2.58. The summed E-state index contributed by atoms with van der Waals surface area (Å²) < 4.78 is 30.1. The van der Waals surface area contributed by atoms with Crippen LogP contribution in [0.2, 0.25) is 5.02 Å². The molecule has 0 heterocycles. The van der Waals surface area contributed by atoms with Gasteiger partial charge in [-0.05, 0) is 42.0 Å². The third-order valence-corrected chi connectivity index (χ3v) is 4.68. The molecule has 0 unspecified atom stereocenters. The summed E-state index contributed by atoms with van der Waals surface area (Å²) in [4.78, 5) is 12.1. The SMILES string of the molecule is COc1ccc(N(CC(=O)N/N=C\c2cccc(Cl)c2)S(C)(=O)=O)cc1. The van der Waals surface area contributed by atoms with Crippen LogP contribution >= 0.6 is 11.6 Å². The summed E-state index contributed by atoms with van der Waals surface area (Å²) in [6.07, 6.45) is 2.45. The Bertz CT molecular complexity index is 898. The number of hydrogen-bond acceptors (Lipinski definition) is 5. The van der Waals surface area contributed by atoms with Crippen molar-refractivity contribution in [2.45, 2.75) is 0 Å². The van der Waals surface area contributed by atoms with E-state index in [1.54, 1.807) is 48.5 Å². The van der Waals surface area contributed by atoms with Gasteiger partial charge in [0, 0.05) is 5.02 Å². The van der Waals surface area contributed by atoms with Crippen molar-refractivity contribution in [3.8, 4) is 5.75 Å². The number of nitrogens with zero attached hydrogens (tertiary/aromatic N) is 2. The summed E-state index contributed by atoms with van der Waals surface area (Å²) in [6.45, 7) is -0.405. The van der Waals surface area contributed by atoms with E-state index in [-0.39, 0.29) is 0 Å². The molecule has 138 valence electrons. The van der Waals surface area contributed by atoms with Crippen LogP contribution in [0.4, 0.5) is 5.69 Å². The van der Waals surface area contributed by atoms with E-state index < -0.39 is 22.5 Å². The van der Waals surface area contributed by atoms with Crippen molar-refractivity contribution in [2.75, 3.05) is 24.2 Å². The van der Waals surface area contributed by atoms with E-state index in [0.29, 0.717) is 22.0 Å². The Morgan fingerprint density at radius 2 is 1.96 bits per heavy atom. The zero-order chi connectivity index (χ0) is 19.2. The molecule has 0 saturated carbocycles. The molecular formula is C17H18ClN3O4S. The van der Waals surface area contributed by atoms with Crippen molar-refractivity contribution in [1.82, 2.24) is 5.43 Å². The second-order valence-corrected chi connectivity index (χ2v) is 7.66. The van der Waals surface area contributed by atoms with Crippen molar-refractivity contribution in [2.24, 2.45) is 5.10 Å². The van der Waals surface area contributed by atoms with Crippen molar-refractivity contribution in [3.05, 3.63) is 59.1 Å². The molecule has 0 fully saturated rings. The molecule has 0 bridgehead atoms. The summed E-state index contributed by atoms with van der Waals surface area (Å²) in [5.41, 5.74) is 3.35. The van der Waals surface area contributed by atoms with Gasteiger partial charge in [-0.1, -0.05) is 23.7 Å². The van der Waals surface area contributed by atoms with Gasteiger partial charge in [0.2, 0.25) is 10.0 Å². The highest BCUT2D eigenvalue weighted by molar-refractivity contribution is 7.92. The van der Waals surface area contributed by atoms with Gasteiger partial charge in [-0.25, -0.2) is 13.8 Å². The predicted molar refractivity (Wildman–Crippen MR) is 102 cm³/mol. The van der Waals surface area contributed by atoms with E-state index >= 15 is 0 Å². The van der Waals surface area contributed by atoms with Crippen LogP contribution in [-0.4, -0.2) is 40.4 Å². The molecule has 0 aromatic heterocycles. The Balaban J connectivity index is 2.06. The molecule has 2 rings (SSSR count). The second-order valence-electron chi connectivity index (χ2n) is 5.32. The van der Waals surface area contributed by atoms with Crippen molar-refractivity contribution < 1.29 is 17.9 Å². The number of benzene rings is 2. The van der Waals surface area contributed by atoms with Gasteiger partial charge < -0.3 is 4.74 Å². The molecule has 0 aliphatic rings. The normalized spacial score (nSPS) is 11.3. The average molecular weight is 396 g/mol. The Morgan fingerprint density at radius 3 is 2.54 bits per heavy atom. The molecule has 0 saturated heterocycles. The van der Waals surface area contributed by atoms with Crippen LogP contribution in [0.1, 0.15) is 5.56 Å². The molecule has 2 aromatic carbocycles. The van der Waals surface area contributed by atoms with Gasteiger partial charge in [0.25, 0.3) is 5.91 Å². The summed E-state index contributed by atoms with van der Waals surface area (Å²) in [5, 5.41) is 4.36. The lowest BCUT2D eigenvalue weighted by atomic mass is 10.2. The number of methoxy groups -OCH3 is 1. The minimum atomic E-state index is -3.65. The first-order valence-corrected chi connectivity index (χ1v) is 9.71. The number of sulfonamides is 1. The van der Waals surface area contributed by atoms with Gasteiger partial charge in [-0.2, -0.15) is 5.10 Å². The van der Waals surface area contributed by atoms with Crippen molar-refractivity contribution >= 4 is 39.4 Å².